The van der Waals surface area contributed by atoms with Crippen molar-refractivity contribution in [3.63, 3.8) is 0 Å². The Bertz CT molecular complexity index is 565. The molecule has 2 aliphatic rings. The van der Waals surface area contributed by atoms with Crippen LogP contribution in [0.3, 0.4) is 0 Å². The Labute approximate surface area is 110 Å². The van der Waals surface area contributed by atoms with Crippen LogP contribution in [0.25, 0.3) is 0 Å². The highest BCUT2D eigenvalue weighted by molar-refractivity contribution is 5.99. The molecule has 0 aromatic heterocycles. The second kappa shape index (κ2) is 4.93. The van der Waals surface area contributed by atoms with Gasteiger partial charge in [-0.2, -0.15) is 0 Å². The van der Waals surface area contributed by atoms with Crippen LogP contribution < -0.4 is 0 Å². The lowest BCUT2D eigenvalue weighted by Gasteiger charge is -2.19. The van der Waals surface area contributed by atoms with Crippen LogP contribution in [0.5, 0.6) is 0 Å². The Balaban J connectivity index is 1.72. The molecule has 0 bridgehead atoms. The van der Waals surface area contributed by atoms with E-state index in [0.717, 1.165) is 10.7 Å². The van der Waals surface area contributed by atoms with Gasteiger partial charge >= 0.3 is 0 Å². The van der Waals surface area contributed by atoms with Gasteiger partial charge in [-0.05, 0) is 17.7 Å². The summed E-state index contributed by atoms with van der Waals surface area (Å²) in [4.78, 5) is 12.3. The molecule has 0 radical (unpaired) electrons. The van der Waals surface area contributed by atoms with Crippen LogP contribution in [-0.2, 0) is 11.3 Å². The first-order valence-electron chi connectivity index (χ1n) is 5.88. The standard InChI is InChI=1S/C13H12N4O2/c18-15-17-10-16-8-4-7-12(13(16)14-17)19-9-11-5-2-1-3-6-11/h1-8H,9-10H2. The van der Waals surface area contributed by atoms with Crippen LogP contribution in [0, 0.1) is 4.91 Å². The van der Waals surface area contributed by atoms with E-state index in [1.165, 1.54) is 0 Å². The van der Waals surface area contributed by atoms with Gasteiger partial charge in [0.15, 0.2) is 11.6 Å². The fraction of sp³-hybridized carbons (Fsp3) is 0.154. The lowest BCUT2D eigenvalue weighted by Crippen LogP contribution is -2.27. The Morgan fingerprint density at radius 3 is 2.95 bits per heavy atom. The Hall–Kier alpha value is -2.63. The SMILES string of the molecule is O=NN1CN2C=CC=C(OCc3ccccc3)C2=N1. The minimum atomic E-state index is 0.321. The third-order valence-electron chi connectivity index (χ3n) is 2.83. The average molecular weight is 256 g/mol. The summed E-state index contributed by atoms with van der Waals surface area (Å²) in [6.45, 7) is 0.781. The molecular weight excluding hydrogens is 244 g/mol. The summed E-state index contributed by atoms with van der Waals surface area (Å²) in [6.07, 6.45) is 5.51. The number of benzene rings is 1. The van der Waals surface area contributed by atoms with E-state index in [-0.39, 0.29) is 0 Å². The number of hydrogen-bond donors (Lipinski definition) is 0. The van der Waals surface area contributed by atoms with Crippen molar-refractivity contribution in [3.05, 3.63) is 64.9 Å². The van der Waals surface area contributed by atoms with Crippen molar-refractivity contribution in [3.8, 4) is 0 Å². The summed E-state index contributed by atoms with van der Waals surface area (Å²) in [5, 5.41) is 7.96. The van der Waals surface area contributed by atoms with Crippen molar-refractivity contribution in [2.24, 2.45) is 10.4 Å². The van der Waals surface area contributed by atoms with Crippen LogP contribution >= 0.6 is 0 Å². The Morgan fingerprint density at radius 2 is 2.16 bits per heavy atom. The first-order chi connectivity index (χ1) is 9.36. The van der Waals surface area contributed by atoms with Gasteiger partial charge in [-0.3, -0.25) is 0 Å². The zero-order valence-electron chi connectivity index (χ0n) is 10.1. The highest BCUT2D eigenvalue weighted by Crippen LogP contribution is 2.20. The third kappa shape index (κ3) is 2.33. The van der Waals surface area contributed by atoms with Gasteiger partial charge in [0.1, 0.15) is 13.3 Å². The summed E-state index contributed by atoms with van der Waals surface area (Å²) < 4.78 is 5.74. The van der Waals surface area contributed by atoms with Crippen LogP contribution in [0.4, 0.5) is 0 Å². The number of rotatable bonds is 4. The second-order valence-corrected chi connectivity index (χ2v) is 4.14. The highest BCUT2D eigenvalue weighted by atomic mass is 16.5. The van der Waals surface area contributed by atoms with E-state index >= 15 is 0 Å². The summed E-state index contributed by atoms with van der Waals surface area (Å²) in [6, 6.07) is 9.87. The van der Waals surface area contributed by atoms with Crippen LogP contribution in [0.15, 0.2) is 64.8 Å². The third-order valence-corrected chi connectivity index (χ3v) is 2.83. The van der Waals surface area contributed by atoms with E-state index in [1.54, 1.807) is 0 Å². The number of nitrogens with zero attached hydrogens (tertiary/aromatic N) is 4. The number of ether oxygens (including phenoxy) is 1. The normalized spacial score (nSPS) is 16.8. The summed E-state index contributed by atoms with van der Waals surface area (Å²) >= 11 is 0. The van der Waals surface area contributed by atoms with E-state index in [9.17, 15) is 4.91 Å². The van der Waals surface area contributed by atoms with E-state index in [4.69, 9.17) is 4.74 Å². The van der Waals surface area contributed by atoms with Crippen LogP contribution in [-0.4, -0.2) is 22.5 Å². The molecule has 0 amide bonds. The van der Waals surface area contributed by atoms with Crippen molar-refractivity contribution in [1.29, 1.82) is 0 Å². The lowest BCUT2D eigenvalue weighted by molar-refractivity contribution is 0.212. The molecule has 0 saturated carbocycles. The molecule has 1 aromatic carbocycles. The quantitative estimate of drug-likeness (QED) is 0.775. The van der Waals surface area contributed by atoms with E-state index < -0.39 is 0 Å². The minimum absolute atomic E-state index is 0.321. The highest BCUT2D eigenvalue weighted by Gasteiger charge is 2.27. The van der Waals surface area contributed by atoms with E-state index in [1.807, 2.05) is 53.6 Å². The van der Waals surface area contributed by atoms with Crippen molar-refractivity contribution in [1.82, 2.24) is 10.0 Å². The first kappa shape index (κ1) is 11.5. The largest absolute Gasteiger partial charge is 0.485 e. The molecule has 0 unspecified atom stereocenters. The number of hydrogen-bond acceptors (Lipinski definition) is 5. The number of allylic oxidation sites excluding steroid dienone is 2. The molecule has 0 spiro atoms. The number of hydrazone groups is 1. The zero-order chi connectivity index (χ0) is 13.1. The number of nitroso groups, excluding NO2 is 1. The molecule has 0 atom stereocenters. The molecular formula is C13H12N4O2. The van der Waals surface area contributed by atoms with E-state index in [0.29, 0.717) is 24.9 Å². The maximum absolute atomic E-state index is 10.5. The monoisotopic (exact) mass is 256 g/mol. The number of fused-ring (bicyclic) bond motifs is 1. The topological polar surface area (TPSA) is 57.5 Å². The van der Waals surface area contributed by atoms with Gasteiger partial charge < -0.3 is 9.64 Å². The molecule has 0 N–H and O–H groups in total. The van der Waals surface area contributed by atoms with Gasteiger partial charge in [0.05, 0.1) is 5.29 Å². The maximum Gasteiger partial charge on any atom is 0.199 e. The molecule has 6 heteroatoms. The summed E-state index contributed by atoms with van der Waals surface area (Å²) in [5.74, 6) is 1.25. The smallest absolute Gasteiger partial charge is 0.199 e. The molecule has 0 saturated heterocycles. The van der Waals surface area contributed by atoms with Gasteiger partial charge in [0.25, 0.3) is 0 Å². The van der Waals surface area contributed by atoms with Crippen LogP contribution in [0.1, 0.15) is 5.56 Å². The fourth-order valence-corrected chi connectivity index (χ4v) is 1.91. The molecule has 19 heavy (non-hydrogen) atoms. The van der Waals surface area contributed by atoms with E-state index in [2.05, 4.69) is 10.4 Å². The van der Waals surface area contributed by atoms with Gasteiger partial charge in [-0.15, -0.1) is 15.1 Å². The van der Waals surface area contributed by atoms with Gasteiger partial charge in [0.2, 0.25) is 0 Å². The Kier molecular flexibility index (Phi) is 2.97. The van der Waals surface area contributed by atoms with Crippen molar-refractivity contribution in [2.45, 2.75) is 6.61 Å². The molecule has 2 heterocycles. The molecule has 2 aliphatic heterocycles. The molecule has 3 rings (SSSR count). The Morgan fingerprint density at radius 1 is 1.32 bits per heavy atom. The summed E-state index contributed by atoms with van der Waals surface area (Å²) in [5.41, 5.74) is 1.08. The molecule has 6 nitrogen and oxygen atoms in total. The summed E-state index contributed by atoms with van der Waals surface area (Å²) in [7, 11) is 0. The second-order valence-electron chi connectivity index (χ2n) is 4.14. The zero-order valence-corrected chi connectivity index (χ0v) is 10.1. The van der Waals surface area contributed by atoms with Crippen molar-refractivity contribution < 1.29 is 4.74 Å². The molecule has 1 aromatic rings. The number of amidine groups is 1. The van der Waals surface area contributed by atoms with Crippen molar-refractivity contribution in [2.75, 3.05) is 6.67 Å². The van der Waals surface area contributed by atoms with Gasteiger partial charge in [-0.25, -0.2) is 0 Å². The minimum Gasteiger partial charge on any atom is -0.485 e. The predicted octanol–water partition coefficient (Wildman–Crippen LogP) is 2.18. The average Bonchev–Trinajstić information content (AvgIpc) is 2.90. The fourth-order valence-electron chi connectivity index (χ4n) is 1.91. The van der Waals surface area contributed by atoms with Gasteiger partial charge in [0, 0.05) is 6.20 Å². The maximum atomic E-state index is 10.5. The van der Waals surface area contributed by atoms with Crippen LogP contribution in [0.2, 0.25) is 0 Å². The first-order valence-corrected chi connectivity index (χ1v) is 5.88. The molecule has 0 fully saturated rings. The molecule has 0 aliphatic carbocycles. The molecule has 96 valence electrons. The lowest BCUT2D eigenvalue weighted by atomic mass is 10.2. The predicted molar refractivity (Wildman–Crippen MR) is 70.2 cm³/mol. The van der Waals surface area contributed by atoms with Gasteiger partial charge in [-0.1, -0.05) is 30.3 Å². The van der Waals surface area contributed by atoms with Crippen molar-refractivity contribution >= 4 is 5.84 Å².